The third kappa shape index (κ3) is 3.26. The van der Waals surface area contributed by atoms with E-state index in [-0.39, 0.29) is 16.8 Å². The van der Waals surface area contributed by atoms with Gasteiger partial charge < -0.3 is 9.15 Å². The van der Waals surface area contributed by atoms with Gasteiger partial charge in [0.15, 0.2) is 10.6 Å². The summed E-state index contributed by atoms with van der Waals surface area (Å²) in [5, 5.41) is 1.22. The summed E-state index contributed by atoms with van der Waals surface area (Å²) >= 11 is 7.59. The normalized spacial score (nSPS) is 15.3. The van der Waals surface area contributed by atoms with Crippen molar-refractivity contribution in [2.24, 2.45) is 0 Å². The third-order valence-electron chi connectivity index (χ3n) is 6.29. The number of para-hydroxylation sites is 1. The second kappa shape index (κ2) is 7.93. The second-order valence-electron chi connectivity index (χ2n) is 8.56. The highest BCUT2D eigenvalue weighted by Gasteiger charge is 2.46. The lowest BCUT2D eigenvalue weighted by molar-refractivity contribution is 0.0971. The van der Waals surface area contributed by atoms with Crippen molar-refractivity contribution in [3.63, 3.8) is 0 Å². The van der Waals surface area contributed by atoms with E-state index in [1.165, 1.54) is 11.3 Å². The Kier molecular flexibility index (Phi) is 4.95. The van der Waals surface area contributed by atoms with Crippen LogP contribution in [0.1, 0.15) is 38.9 Å². The summed E-state index contributed by atoms with van der Waals surface area (Å²) in [4.78, 5) is 34.0. The molecule has 0 fully saturated rings. The predicted octanol–water partition coefficient (Wildman–Crippen LogP) is 6.43. The maximum Gasteiger partial charge on any atom is 0.297 e. The molecule has 1 atom stereocenters. The van der Waals surface area contributed by atoms with E-state index in [2.05, 4.69) is 12.1 Å². The second-order valence-corrected chi connectivity index (χ2v) is 10.0. The average molecular weight is 503 g/mol. The Morgan fingerprint density at radius 1 is 1.09 bits per heavy atom. The van der Waals surface area contributed by atoms with Gasteiger partial charge in [-0.05, 0) is 55.3 Å². The number of benzene rings is 3. The van der Waals surface area contributed by atoms with E-state index in [0.29, 0.717) is 32.4 Å². The van der Waals surface area contributed by atoms with Gasteiger partial charge in [-0.15, -0.1) is 0 Å². The molecule has 3 heterocycles. The van der Waals surface area contributed by atoms with Crippen LogP contribution >= 0.6 is 22.9 Å². The number of hydrogen-bond acceptors (Lipinski definition) is 6. The molecule has 3 aromatic carbocycles. The minimum absolute atomic E-state index is 0.00730. The van der Waals surface area contributed by atoms with Crippen molar-refractivity contribution in [3.05, 3.63) is 97.9 Å². The van der Waals surface area contributed by atoms with Crippen LogP contribution in [0.3, 0.4) is 0 Å². The first kappa shape index (κ1) is 21.8. The Bertz CT molecular complexity index is 1740. The van der Waals surface area contributed by atoms with Crippen molar-refractivity contribution in [1.29, 1.82) is 0 Å². The van der Waals surface area contributed by atoms with Crippen molar-refractivity contribution < 1.29 is 13.9 Å². The SMILES string of the molecule is COc1ccccc1C1c2c(oc3ccc(Cl)cc3c2=O)C(=O)N1c1nc2c(C)cc(C)cc2s1. The zero-order chi connectivity index (χ0) is 24.4. The molecule has 0 N–H and O–H groups in total. The number of carbonyl (C=O) groups excluding carboxylic acids is 1. The molecular weight excluding hydrogens is 484 g/mol. The number of aryl methyl sites for hydroxylation is 2. The maximum absolute atomic E-state index is 13.9. The average Bonchev–Trinajstić information content (AvgIpc) is 3.38. The van der Waals surface area contributed by atoms with E-state index in [0.717, 1.165) is 21.3 Å². The van der Waals surface area contributed by atoms with Crippen LogP contribution in [0.2, 0.25) is 5.02 Å². The van der Waals surface area contributed by atoms with Crippen LogP contribution in [0.25, 0.3) is 21.2 Å². The molecule has 5 aromatic rings. The van der Waals surface area contributed by atoms with E-state index in [4.69, 9.17) is 25.7 Å². The van der Waals surface area contributed by atoms with Gasteiger partial charge in [0.05, 0.1) is 28.3 Å². The van der Waals surface area contributed by atoms with Gasteiger partial charge in [-0.1, -0.05) is 47.2 Å². The number of methoxy groups -OCH3 is 1. The maximum atomic E-state index is 13.9. The van der Waals surface area contributed by atoms with Gasteiger partial charge in [-0.2, -0.15) is 0 Å². The number of ether oxygens (including phenoxy) is 1. The summed E-state index contributed by atoms with van der Waals surface area (Å²) in [6, 6.07) is 15.5. The van der Waals surface area contributed by atoms with Gasteiger partial charge in [0.25, 0.3) is 5.91 Å². The Morgan fingerprint density at radius 3 is 2.69 bits per heavy atom. The zero-order valence-electron chi connectivity index (χ0n) is 19.1. The van der Waals surface area contributed by atoms with E-state index in [1.54, 1.807) is 36.3 Å². The Labute approximate surface area is 209 Å². The van der Waals surface area contributed by atoms with E-state index in [9.17, 15) is 9.59 Å². The molecule has 174 valence electrons. The van der Waals surface area contributed by atoms with Crippen LogP contribution in [0.5, 0.6) is 5.75 Å². The Morgan fingerprint density at radius 2 is 1.89 bits per heavy atom. The van der Waals surface area contributed by atoms with Crippen LogP contribution in [0.15, 0.2) is 63.8 Å². The van der Waals surface area contributed by atoms with Gasteiger partial charge in [0.2, 0.25) is 5.76 Å². The van der Waals surface area contributed by atoms with E-state index in [1.807, 2.05) is 32.0 Å². The zero-order valence-corrected chi connectivity index (χ0v) is 20.7. The summed E-state index contributed by atoms with van der Waals surface area (Å²) in [7, 11) is 1.56. The first-order chi connectivity index (χ1) is 16.9. The summed E-state index contributed by atoms with van der Waals surface area (Å²) < 4.78 is 12.6. The molecule has 1 unspecified atom stereocenters. The van der Waals surface area contributed by atoms with Gasteiger partial charge in [-0.3, -0.25) is 14.5 Å². The first-order valence-corrected chi connectivity index (χ1v) is 12.2. The molecule has 2 aromatic heterocycles. The molecule has 6 nitrogen and oxygen atoms in total. The fourth-order valence-corrected chi connectivity index (χ4v) is 6.13. The van der Waals surface area contributed by atoms with Gasteiger partial charge in [-0.25, -0.2) is 4.98 Å². The van der Waals surface area contributed by atoms with E-state index >= 15 is 0 Å². The highest BCUT2D eigenvalue weighted by molar-refractivity contribution is 7.22. The summed E-state index contributed by atoms with van der Waals surface area (Å²) in [5.74, 6) is 0.146. The number of thiazole rings is 1. The molecule has 0 aliphatic carbocycles. The van der Waals surface area contributed by atoms with Crippen LogP contribution in [0, 0.1) is 13.8 Å². The molecule has 0 bridgehead atoms. The van der Waals surface area contributed by atoms with Crippen molar-refractivity contribution in [2.45, 2.75) is 19.9 Å². The van der Waals surface area contributed by atoms with Crippen molar-refractivity contribution in [2.75, 3.05) is 12.0 Å². The van der Waals surface area contributed by atoms with E-state index < -0.39 is 11.9 Å². The van der Waals surface area contributed by atoms with Crippen molar-refractivity contribution in [1.82, 2.24) is 4.98 Å². The molecule has 1 amide bonds. The predicted molar refractivity (Wildman–Crippen MR) is 138 cm³/mol. The molecule has 1 aliphatic heterocycles. The molecule has 1 aliphatic rings. The fraction of sp³-hybridized carbons (Fsp3) is 0.148. The van der Waals surface area contributed by atoms with Crippen molar-refractivity contribution in [3.8, 4) is 5.75 Å². The number of halogens is 1. The topological polar surface area (TPSA) is 72.6 Å². The molecule has 0 saturated carbocycles. The van der Waals surface area contributed by atoms with Crippen LogP contribution < -0.4 is 15.1 Å². The molecule has 0 saturated heterocycles. The highest BCUT2D eigenvalue weighted by Crippen LogP contribution is 2.46. The quantitative estimate of drug-likeness (QED) is 0.284. The lowest BCUT2D eigenvalue weighted by Crippen LogP contribution is -2.29. The minimum Gasteiger partial charge on any atom is -0.496 e. The monoisotopic (exact) mass is 502 g/mol. The molecule has 35 heavy (non-hydrogen) atoms. The number of hydrogen-bond donors (Lipinski definition) is 0. The van der Waals surface area contributed by atoms with Gasteiger partial charge >= 0.3 is 0 Å². The minimum atomic E-state index is -0.768. The number of amides is 1. The molecule has 0 radical (unpaired) electrons. The summed E-state index contributed by atoms with van der Waals surface area (Å²) in [5.41, 5.74) is 3.89. The van der Waals surface area contributed by atoms with Crippen molar-refractivity contribution >= 4 is 55.2 Å². The lowest BCUT2D eigenvalue weighted by Gasteiger charge is -2.24. The molecule has 8 heteroatoms. The Balaban J connectivity index is 1.67. The standard InChI is InChI=1S/C27H19ClN2O4S/c1-13-10-14(2)22-20(11-13)35-27(29-22)30-23(16-6-4-5-7-18(16)33-3)21-24(31)17-12-15(28)8-9-19(17)34-25(21)26(30)32/h4-12,23H,1-3H3. The van der Waals surface area contributed by atoms with Crippen LogP contribution in [-0.2, 0) is 0 Å². The fourth-order valence-electron chi connectivity index (χ4n) is 4.79. The largest absolute Gasteiger partial charge is 0.496 e. The van der Waals surface area contributed by atoms with Crippen LogP contribution in [-0.4, -0.2) is 18.0 Å². The van der Waals surface area contributed by atoms with Crippen LogP contribution in [0.4, 0.5) is 5.13 Å². The number of nitrogens with zero attached hydrogens (tertiary/aromatic N) is 2. The molecular formula is C27H19ClN2O4S. The summed E-state index contributed by atoms with van der Waals surface area (Å²) in [6.45, 7) is 4.03. The Hall–Kier alpha value is -3.68. The number of rotatable bonds is 3. The molecule has 6 rings (SSSR count). The first-order valence-electron chi connectivity index (χ1n) is 11.0. The summed E-state index contributed by atoms with van der Waals surface area (Å²) in [6.07, 6.45) is 0. The molecule has 0 spiro atoms. The smallest absolute Gasteiger partial charge is 0.297 e. The van der Waals surface area contributed by atoms with Gasteiger partial charge in [0, 0.05) is 10.6 Å². The number of aromatic nitrogens is 1. The van der Waals surface area contributed by atoms with Gasteiger partial charge in [0.1, 0.15) is 17.4 Å². The lowest BCUT2D eigenvalue weighted by atomic mass is 9.98. The third-order valence-corrected chi connectivity index (χ3v) is 7.53. The number of carbonyl (C=O) groups is 1. The number of anilines is 1. The highest BCUT2D eigenvalue weighted by atomic mass is 35.5. The number of fused-ring (bicyclic) bond motifs is 3.